The van der Waals surface area contributed by atoms with Crippen LogP contribution in [0.1, 0.15) is 16.8 Å². The van der Waals surface area contributed by atoms with Crippen molar-refractivity contribution in [3.05, 3.63) is 35.4 Å². The van der Waals surface area contributed by atoms with E-state index in [-0.39, 0.29) is 31.7 Å². The molecule has 6 heteroatoms. The molecule has 1 rings (SSSR count). The topological polar surface area (TPSA) is 53.3 Å². The first-order valence-electron chi connectivity index (χ1n) is 5.69. The molecule has 0 bridgehead atoms. The minimum atomic E-state index is -0.810. The van der Waals surface area contributed by atoms with E-state index in [4.69, 9.17) is 10.00 Å². The van der Waals surface area contributed by atoms with E-state index in [0.29, 0.717) is 6.07 Å². The molecule has 0 atom stereocenters. The maximum absolute atomic E-state index is 13.1. The number of ether oxygens (including phenoxy) is 1. The third-order valence-corrected chi connectivity index (χ3v) is 2.46. The van der Waals surface area contributed by atoms with Crippen molar-refractivity contribution in [2.75, 3.05) is 26.8 Å². The van der Waals surface area contributed by atoms with E-state index in [9.17, 15) is 13.6 Å². The largest absolute Gasteiger partial charge is 0.383 e. The highest BCUT2D eigenvalue weighted by molar-refractivity contribution is 5.94. The summed E-state index contributed by atoms with van der Waals surface area (Å²) < 4.78 is 31.0. The molecule has 102 valence electrons. The van der Waals surface area contributed by atoms with Crippen LogP contribution in [0, 0.1) is 23.0 Å². The van der Waals surface area contributed by atoms with Crippen molar-refractivity contribution in [3.8, 4) is 6.07 Å². The highest BCUT2D eigenvalue weighted by Gasteiger charge is 2.16. The second kappa shape index (κ2) is 7.44. The lowest BCUT2D eigenvalue weighted by molar-refractivity contribution is 0.0699. The summed E-state index contributed by atoms with van der Waals surface area (Å²) in [5.74, 6) is -2.14. The zero-order valence-corrected chi connectivity index (χ0v) is 10.5. The molecule has 1 aromatic rings. The van der Waals surface area contributed by atoms with Gasteiger partial charge in [-0.15, -0.1) is 0 Å². The number of carbonyl (C=O) groups is 1. The number of hydrogen-bond acceptors (Lipinski definition) is 3. The molecule has 0 saturated carbocycles. The summed E-state index contributed by atoms with van der Waals surface area (Å²) >= 11 is 0. The van der Waals surface area contributed by atoms with Crippen molar-refractivity contribution in [2.24, 2.45) is 0 Å². The number of carbonyl (C=O) groups excluding carboxylic acids is 1. The molecule has 0 N–H and O–H groups in total. The molecule has 0 aliphatic carbocycles. The summed E-state index contributed by atoms with van der Waals surface area (Å²) in [4.78, 5) is 13.4. The first-order valence-corrected chi connectivity index (χ1v) is 5.69. The molecule has 0 aromatic heterocycles. The molecule has 0 heterocycles. The molecule has 19 heavy (non-hydrogen) atoms. The Labute approximate surface area is 110 Å². The van der Waals surface area contributed by atoms with E-state index in [2.05, 4.69) is 0 Å². The van der Waals surface area contributed by atoms with Gasteiger partial charge in [-0.05, 0) is 12.1 Å². The van der Waals surface area contributed by atoms with Crippen molar-refractivity contribution in [3.63, 3.8) is 0 Å². The lowest BCUT2D eigenvalue weighted by atomic mass is 10.2. The zero-order chi connectivity index (χ0) is 14.3. The van der Waals surface area contributed by atoms with Gasteiger partial charge < -0.3 is 9.64 Å². The molecule has 0 spiro atoms. The smallest absolute Gasteiger partial charge is 0.254 e. The number of rotatable bonds is 6. The van der Waals surface area contributed by atoms with E-state index in [1.54, 1.807) is 0 Å². The van der Waals surface area contributed by atoms with E-state index in [0.717, 1.165) is 12.1 Å². The molecule has 0 aliphatic heterocycles. The molecule has 1 amide bonds. The van der Waals surface area contributed by atoms with Crippen LogP contribution in [0.5, 0.6) is 0 Å². The van der Waals surface area contributed by atoms with E-state index in [1.165, 1.54) is 12.0 Å². The number of benzene rings is 1. The Kier molecular flexibility index (Phi) is 5.90. The van der Waals surface area contributed by atoms with Crippen LogP contribution in [0.3, 0.4) is 0 Å². The molecule has 1 aromatic carbocycles. The van der Waals surface area contributed by atoms with Crippen molar-refractivity contribution in [2.45, 2.75) is 6.42 Å². The SMILES string of the molecule is COCCN(CCC#N)C(=O)c1cc(F)cc(F)c1. The van der Waals surface area contributed by atoms with E-state index in [1.807, 2.05) is 6.07 Å². The van der Waals surface area contributed by atoms with Gasteiger partial charge in [-0.1, -0.05) is 0 Å². The lowest BCUT2D eigenvalue weighted by Crippen LogP contribution is -2.34. The summed E-state index contributed by atoms with van der Waals surface area (Å²) in [5.41, 5.74) is -0.0773. The van der Waals surface area contributed by atoms with Crippen LogP contribution in [-0.2, 0) is 4.74 Å². The van der Waals surface area contributed by atoms with Gasteiger partial charge in [0, 0.05) is 31.8 Å². The summed E-state index contributed by atoms with van der Waals surface area (Å²) in [7, 11) is 1.48. The minimum Gasteiger partial charge on any atom is -0.383 e. The third kappa shape index (κ3) is 4.64. The van der Waals surface area contributed by atoms with Crippen LogP contribution in [0.4, 0.5) is 8.78 Å². The number of hydrogen-bond donors (Lipinski definition) is 0. The van der Waals surface area contributed by atoms with Crippen LogP contribution >= 0.6 is 0 Å². The molecule has 0 radical (unpaired) electrons. The zero-order valence-electron chi connectivity index (χ0n) is 10.5. The van der Waals surface area contributed by atoms with Crippen LogP contribution in [0.2, 0.25) is 0 Å². The number of halogens is 2. The average molecular weight is 268 g/mol. The predicted octanol–water partition coefficient (Wildman–Crippen LogP) is 1.97. The summed E-state index contributed by atoms with van der Waals surface area (Å²) in [5, 5.41) is 8.54. The maximum Gasteiger partial charge on any atom is 0.254 e. The number of nitriles is 1. The number of methoxy groups -OCH3 is 1. The van der Waals surface area contributed by atoms with Crippen molar-refractivity contribution in [1.82, 2.24) is 4.90 Å². The van der Waals surface area contributed by atoms with Crippen LogP contribution in [-0.4, -0.2) is 37.6 Å². The Balaban J connectivity index is 2.87. The van der Waals surface area contributed by atoms with Crippen LogP contribution in [0.15, 0.2) is 18.2 Å². The normalized spacial score (nSPS) is 10.0. The number of nitrogens with zero attached hydrogens (tertiary/aromatic N) is 2. The Morgan fingerprint density at radius 2 is 1.95 bits per heavy atom. The summed E-state index contributed by atoms with van der Waals surface area (Å²) in [6.07, 6.45) is 0.146. The monoisotopic (exact) mass is 268 g/mol. The van der Waals surface area contributed by atoms with Gasteiger partial charge in [0.2, 0.25) is 0 Å². The highest BCUT2D eigenvalue weighted by Crippen LogP contribution is 2.11. The maximum atomic E-state index is 13.1. The van der Waals surface area contributed by atoms with Gasteiger partial charge in [0.1, 0.15) is 11.6 Å². The molecule has 0 unspecified atom stereocenters. The molecule has 4 nitrogen and oxygen atoms in total. The van der Waals surface area contributed by atoms with Gasteiger partial charge in [-0.3, -0.25) is 4.79 Å². The third-order valence-electron chi connectivity index (χ3n) is 2.46. The molecule has 0 aliphatic rings. The highest BCUT2D eigenvalue weighted by atomic mass is 19.1. The standard InChI is InChI=1S/C13H14F2N2O2/c1-19-6-5-17(4-2-3-16)13(18)10-7-11(14)9-12(15)8-10/h7-9H,2,4-6H2,1H3. The lowest BCUT2D eigenvalue weighted by Gasteiger charge is -2.21. The number of amides is 1. The first kappa shape index (κ1) is 15.1. The second-order valence-corrected chi connectivity index (χ2v) is 3.85. The fraction of sp³-hybridized carbons (Fsp3) is 0.385. The van der Waals surface area contributed by atoms with Gasteiger partial charge in [0.15, 0.2) is 0 Å². The average Bonchev–Trinajstić information content (AvgIpc) is 2.37. The van der Waals surface area contributed by atoms with Gasteiger partial charge in [-0.2, -0.15) is 5.26 Å². The Morgan fingerprint density at radius 1 is 1.32 bits per heavy atom. The van der Waals surface area contributed by atoms with Gasteiger partial charge in [-0.25, -0.2) is 8.78 Å². The van der Waals surface area contributed by atoms with Crippen molar-refractivity contribution < 1.29 is 18.3 Å². The second-order valence-electron chi connectivity index (χ2n) is 3.85. The molecule has 0 fully saturated rings. The summed E-state index contributed by atoms with van der Waals surface area (Å²) in [6, 6.07) is 4.56. The minimum absolute atomic E-state index is 0.0773. The first-order chi connectivity index (χ1) is 9.08. The van der Waals surface area contributed by atoms with Gasteiger partial charge in [0.05, 0.1) is 19.1 Å². The summed E-state index contributed by atoms with van der Waals surface area (Å²) in [6.45, 7) is 0.737. The predicted molar refractivity (Wildman–Crippen MR) is 64.4 cm³/mol. The Bertz CT molecular complexity index is 466. The molecule has 0 saturated heterocycles. The van der Waals surface area contributed by atoms with Crippen molar-refractivity contribution >= 4 is 5.91 Å². The van der Waals surface area contributed by atoms with Gasteiger partial charge >= 0.3 is 0 Å². The fourth-order valence-corrected chi connectivity index (χ4v) is 1.56. The van der Waals surface area contributed by atoms with Crippen LogP contribution in [0.25, 0.3) is 0 Å². The van der Waals surface area contributed by atoms with Crippen LogP contribution < -0.4 is 0 Å². The van der Waals surface area contributed by atoms with Gasteiger partial charge in [0.25, 0.3) is 5.91 Å². The quantitative estimate of drug-likeness (QED) is 0.792. The molecular formula is C13H14F2N2O2. The Hall–Kier alpha value is -2.00. The van der Waals surface area contributed by atoms with E-state index < -0.39 is 17.5 Å². The fourth-order valence-electron chi connectivity index (χ4n) is 1.56. The molecular weight excluding hydrogens is 254 g/mol. The van der Waals surface area contributed by atoms with E-state index >= 15 is 0 Å². The van der Waals surface area contributed by atoms with Crippen molar-refractivity contribution in [1.29, 1.82) is 5.26 Å². The Morgan fingerprint density at radius 3 is 2.47 bits per heavy atom.